The van der Waals surface area contributed by atoms with E-state index in [0.29, 0.717) is 31.3 Å². The second-order valence-corrected chi connectivity index (χ2v) is 8.66. The zero-order chi connectivity index (χ0) is 21.8. The Labute approximate surface area is 184 Å². The topological polar surface area (TPSA) is 133 Å². The monoisotopic (exact) mass is 445 g/mol. The second-order valence-electron chi connectivity index (χ2n) is 7.63. The minimum absolute atomic E-state index is 0.183. The number of hydrogen-bond acceptors (Lipinski definition) is 10. The highest BCUT2D eigenvalue weighted by molar-refractivity contribution is 7.21. The Morgan fingerprint density at radius 2 is 2.03 bits per heavy atom. The van der Waals surface area contributed by atoms with Gasteiger partial charge < -0.3 is 30.7 Å². The number of hydrogen-bond donors (Lipinski definition) is 5. The lowest BCUT2D eigenvalue weighted by Gasteiger charge is -2.20. The minimum atomic E-state index is -1.01. The Morgan fingerprint density at radius 3 is 2.77 bits per heavy atom. The van der Waals surface area contributed by atoms with Gasteiger partial charge in [-0.15, -0.1) is 11.3 Å². The van der Waals surface area contributed by atoms with Gasteiger partial charge in [0.25, 0.3) is 0 Å². The van der Waals surface area contributed by atoms with E-state index in [1.807, 2.05) is 24.3 Å². The molecule has 0 bridgehead atoms. The summed E-state index contributed by atoms with van der Waals surface area (Å²) >= 11 is 1.54. The van der Waals surface area contributed by atoms with Crippen molar-refractivity contribution in [2.75, 3.05) is 37.5 Å². The van der Waals surface area contributed by atoms with Crippen LogP contribution in [-0.4, -0.2) is 75.4 Å². The van der Waals surface area contributed by atoms with Crippen LogP contribution in [0.1, 0.15) is 12.8 Å². The van der Waals surface area contributed by atoms with E-state index >= 15 is 0 Å². The van der Waals surface area contributed by atoms with Gasteiger partial charge >= 0.3 is 0 Å². The molecule has 1 fully saturated rings. The highest BCUT2D eigenvalue weighted by Crippen LogP contribution is 2.36. The standard InChI is InChI=1S/C21H27N5O4S/c1-30-8-4-7-22-21-23-10-13(20-25-14-5-2-3-6-16(14)31-20)19(26-21)24-15-9-12(11-27)17(28)18(15)29/h2-3,5-6,10,12,15,17-18,27-29H,4,7-9,11H2,1H3,(H2,22,23,24,26). The Balaban J connectivity index is 1.63. The molecular weight excluding hydrogens is 418 g/mol. The van der Waals surface area contributed by atoms with Crippen LogP contribution in [0, 0.1) is 5.92 Å². The van der Waals surface area contributed by atoms with E-state index < -0.39 is 18.2 Å². The van der Waals surface area contributed by atoms with Gasteiger partial charge in [0, 0.05) is 39.0 Å². The van der Waals surface area contributed by atoms with Crippen LogP contribution in [0.4, 0.5) is 11.8 Å². The summed E-state index contributed by atoms with van der Waals surface area (Å²) in [6.07, 6.45) is 0.968. The lowest BCUT2D eigenvalue weighted by atomic mass is 10.1. The van der Waals surface area contributed by atoms with E-state index in [1.54, 1.807) is 13.3 Å². The van der Waals surface area contributed by atoms with Gasteiger partial charge in [-0.05, 0) is 25.0 Å². The first-order chi connectivity index (χ1) is 15.1. The average Bonchev–Trinajstić information content (AvgIpc) is 3.33. The number of para-hydroxylation sites is 1. The van der Waals surface area contributed by atoms with Crippen molar-refractivity contribution in [1.82, 2.24) is 15.0 Å². The van der Waals surface area contributed by atoms with Gasteiger partial charge in [0.15, 0.2) is 0 Å². The van der Waals surface area contributed by atoms with E-state index in [-0.39, 0.29) is 12.5 Å². The van der Waals surface area contributed by atoms with E-state index in [2.05, 4.69) is 20.6 Å². The van der Waals surface area contributed by atoms with Gasteiger partial charge in [0.1, 0.15) is 16.9 Å². The number of aliphatic hydroxyl groups is 3. The number of aromatic nitrogens is 3. The number of benzene rings is 1. The Morgan fingerprint density at radius 1 is 1.19 bits per heavy atom. The van der Waals surface area contributed by atoms with Gasteiger partial charge in [-0.3, -0.25) is 0 Å². The molecule has 3 aromatic rings. The van der Waals surface area contributed by atoms with Crippen molar-refractivity contribution >= 4 is 33.3 Å². The first-order valence-corrected chi connectivity index (χ1v) is 11.1. The molecule has 1 aliphatic carbocycles. The third kappa shape index (κ3) is 4.78. The molecule has 0 radical (unpaired) electrons. The number of fused-ring (bicyclic) bond motifs is 1. The molecule has 5 N–H and O–H groups in total. The SMILES string of the molecule is COCCCNc1ncc(-c2nc3ccccc3s2)c(NC2CC(CO)C(O)C2O)n1. The van der Waals surface area contributed by atoms with Gasteiger partial charge in [0.2, 0.25) is 5.95 Å². The van der Waals surface area contributed by atoms with Crippen molar-refractivity contribution in [2.45, 2.75) is 31.1 Å². The average molecular weight is 446 g/mol. The first-order valence-electron chi connectivity index (χ1n) is 10.3. The molecule has 31 heavy (non-hydrogen) atoms. The van der Waals surface area contributed by atoms with Gasteiger partial charge in [-0.2, -0.15) is 4.98 Å². The fourth-order valence-corrected chi connectivity index (χ4v) is 4.74. The van der Waals surface area contributed by atoms with Gasteiger partial charge in [0.05, 0.1) is 27.9 Å². The summed E-state index contributed by atoms with van der Waals surface area (Å²) in [6.45, 7) is 1.11. The predicted molar refractivity (Wildman–Crippen MR) is 120 cm³/mol. The summed E-state index contributed by atoms with van der Waals surface area (Å²) in [5.41, 5.74) is 1.62. The molecule has 166 valence electrons. The number of anilines is 2. The van der Waals surface area contributed by atoms with Crippen LogP contribution < -0.4 is 10.6 Å². The minimum Gasteiger partial charge on any atom is -0.396 e. The fourth-order valence-electron chi connectivity index (χ4n) is 3.76. The van der Waals surface area contributed by atoms with Crippen LogP contribution in [-0.2, 0) is 4.74 Å². The van der Waals surface area contributed by atoms with Crippen molar-refractivity contribution in [3.05, 3.63) is 30.5 Å². The number of rotatable bonds is 9. The summed E-state index contributed by atoms with van der Waals surface area (Å²) < 4.78 is 6.13. The van der Waals surface area contributed by atoms with Gasteiger partial charge in [-0.25, -0.2) is 9.97 Å². The molecule has 2 heterocycles. The molecule has 0 spiro atoms. The molecule has 0 amide bonds. The summed E-state index contributed by atoms with van der Waals surface area (Å²) in [5.74, 6) is 0.597. The number of methoxy groups -OCH3 is 1. The number of thiazole rings is 1. The number of nitrogens with zero attached hydrogens (tertiary/aromatic N) is 3. The number of ether oxygens (including phenoxy) is 1. The van der Waals surface area contributed by atoms with Crippen molar-refractivity contribution in [2.24, 2.45) is 5.92 Å². The second kappa shape index (κ2) is 9.84. The maximum Gasteiger partial charge on any atom is 0.224 e. The third-order valence-electron chi connectivity index (χ3n) is 5.48. The van der Waals surface area contributed by atoms with Crippen LogP contribution in [0.25, 0.3) is 20.8 Å². The van der Waals surface area contributed by atoms with Crippen LogP contribution in [0.3, 0.4) is 0 Å². The molecule has 2 aromatic heterocycles. The number of nitrogens with one attached hydrogen (secondary N) is 2. The molecule has 4 unspecified atom stereocenters. The highest BCUT2D eigenvalue weighted by Gasteiger charge is 2.41. The maximum absolute atomic E-state index is 10.5. The quantitative estimate of drug-likeness (QED) is 0.312. The molecule has 1 aromatic carbocycles. The number of aliphatic hydroxyl groups excluding tert-OH is 3. The molecule has 4 rings (SSSR count). The van der Waals surface area contributed by atoms with Crippen LogP contribution in [0.2, 0.25) is 0 Å². The normalized spacial score (nSPS) is 23.4. The smallest absolute Gasteiger partial charge is 0.224 e. The third-order valence-corrected chi connectivity index (χ3v) is 6.55. The van der Waals surface area contributed by atoms with Crippen LogP contribution in [0.15, 0.2) is 30.5 Å². The van der Waals surface area contributed by atoms with Crippen molar-refractivity contribution in [3.63, 3.8) is 0 Å². The molecule has 0 aliphatic heterocycles. The molecular formula is C21H27N5O4S. The lowest BCUT2D eigenvalue weighted by Crippen LogP contribution is -2.35. The van der Waals surface area contributed by atoms with Crippen LogP contribution in [0.5, 0.6) is 0 Å². The van der Waals surface area contributed by atoms with E-state index in [9.17, 15) is 15.3 Å². The summed E-state index contributed by atoms with van der Waals surface area (Å²) in [5, 5.41) is 37.3. The Bertz CT molecular complexity index is 983. The molecule has 9 nitrogen and oxygen atoms in total. The summed E-state index contributed by atoms with van der Waals surface area (Å²) in [4.78, 5) is 13.8. The lowest BCUT2D eigenvalue weighted by molar-refractivity contribution is 0.00446. The largest absolute Gasteiger partial charge is 0.396 e. The summed E-state index contributed by atoms with van der Waals surface area (Å²) in [6, 6.07) is 7.44. The van der Waals surface area contributed by atoms with Crippen molar-refractivity contribution < 1.29 is 20.1 Å². The van der Waals surface area contributed by atoms with Gasteiger partial charge in [-0.1, -0.05) is 12.1 Å². The van der Waals surface area contributed by atoms with Crippen LogP contribution >= 0.6 is 11.3 Å². The molecule has 1 aliphatic rings. The maximum atomic E-state index is 10.5. The molecule has 10 heteroatoms. The van der Waals surface area contributed by atoms with E-state index in [4.69, 9.17) is 9.72 Å². The Hall–Kier alpha value is -2.37. The molecule has 1 saturated carbocycles. The zero-order valence-electron chi connectivity index (χ0n) is 17.2. The van der Waals surface area contributed by atoms with E-state index in [0.717, 1.165) is 27.2 Å². The molecule has 0 saturated heterocycles. The zero-order valence-corrected chi connectivity index (χ0v) is 18.0. The highest BCUT2D eigenvalue weighted by atomic mass is 32.1. The Kier molecular flexibility index (Phi) is 6.93. The van der Waals surface area contributed by atoms with Crippen molar-refractivity contribution in [3.8, 4) is 10.6 Å². The summed E-state index contributed by atoms with van der Waals surface area (Å²) in [7, 11) is 1.66. The predicted octanol–water partition coefficient (Wildman–Crippen LogP) is 1.72. The van der Waals surface area contributed by atoms with E-state index in [1.165, 1.54) is 11.3 Å². The molecule has 4 atom stereocenters. The first kappa shape index (κ1) is 21.8. The fraction of sp³-hybridized carbons (Fsp3) is 0.476. The van der Waals surface area contributed by atoms with Crippen molar-refractivity contribution in [1.29, 1.82) is 0 Å².